The van der Waals surface area contributed by atoms with Crippen LogP contribution < -0.4 is 10.5 Å². The highest BCUT2D eigenvalue weighted by Crippen LogP contribution is 2.42. The quantitative estimate of drug-likeness (QED) is 0.716. The number of phenols is 1. The topological polar surface area (TPSA) is 55.5 Å². The second-order valence-corrected chi connectivity index (χ2v) is 3.99. The molecule has 0 aromatic heterocycles. The molecule has 1 aliphatic heterocycles. The van der Waals surface area contributed by atoms with Gasteiger partial charge in [-0.1, -0.05) is 19.9 Å². The first-order valence-corrected chi connectivity index (χ1v) is 4.85. The maximum Gasteiger partial charge on any atom is 0.131 e. The highest BCUT2D eigenvalue weighted by molar-refractivity contribution is 5.54. The second kappa shape index (κ2) is 3.17. The van der Waals surface area contributed by atoms with Gasteiger partial charge in [0.15, 0.2) is 0 Å². The summed E-state index contributed by atoms with van der Waals surface area (Å²) in [5, 5.41) is 9.65. The third-order valence-corrected chi connectivity index (χ3v) is 2.60. The van der Waals surface area contributed by atoms with E-state index in [2.05, 4.69) is 13.8 Å². The molecule has 1 heterocycles. The fraction of sp³-hybridized carbons (Fsp3) is 0.455. The summed E-state index contributed by atoms with van der Waals surface area (Å²) >= 11 is 0. The normalized spacial score (nSPS) is 19.6. The van der Waals surface area contributed by atoms with E-state index < -0.39 is 0 Å². The molecule has 1 atom stereocenters. The Hall–Kier alpha value is -1.22. The van der Waals surface area contributed by atoms with Crippen molar-refractivity contribution < 1.29 is 9.84 Å². The number of phenolic OH excluding ortho intramolecular Hbond substituents is 1. The molecule has 1 aromatic rings. The van der Waals surface area contributed by atoms with Crippen LogP contribution in [0.1, 0.15) is 36.9 Å². The van der Waals surface area contributed by atoms with E-state index in [9.17, 15) is 5.11 Å². The predicted molar refractivity (Wildman–Crippen MR) is 54.6 cm³/mol. The molecule has 2 rings (SSSR count). The number of nitrogens with two attached hydrogens (primary N) is 1. The largest absolute Gasteiger partial charge is 0.507 e. The zero-order valence-electron chi connectivity index (χ0n) is 8.45. The number of ether oxygens (including phenoxy) is 1. The van der Waals surface area contributed by atoms with E-state index in [1.54, 1.807) is 6.07 Å². The van der Waals surface area contributed by atoms with Gasteiger partial charge in [0.05, 0.1) is 11.6 Å². The van der Waals surface area contributed by atoms with Crippen molar-refractivity contribution in [3.05, 3.63) is 23.3 Å². The smallest absolute Gasteiger partial charge is 0.131 e. The number of fused-ring (bicyclic) bond motifs is 1. The lowest BCUT2D eigenvalue weighted by atomic mass is 9.97. The van der Waals surface area contributed by atoms with Gasteiger partial charge < -0.3 is 15.6 Å². The van der Waals surface area contributed by atoms with E-state index in [1.807, 2.05) is 6.07 Å². The highest BCUT2D eigenvalue weighted by Gasteiger charge is 2.27. The minimum Gasteiger partial charge on any atom is -0.507 e. The summed E-state index contributed by atoms with van der Waals surface area (Å²) in [4.78, 5) is 0. The SMILES string of the molecule is CC(C)c1ccc(O)c2c1OCC2N. The molecule has 0 spiro atoms. The summed E-state index contributed by atoms with van der Waals surface area (Å²) in [6, 6.07) is 3.41. The van der Waals surface area contributed by atoms with Crippen LogP contribution >= 0.6 is 0 Å². The Bertz CT molecular complexity index is 361. The van der Waals surface area contributed by atoms with Gasteiger partial charge in [-0.15, -0.1) is 0 Å². The Labute approximate surface area is 83.5 Å². The first-order chi connectivity index (χ1) is 6.61. The van der Waals surface area contributed by atoms with Gasteiger partial charge in [0.25, 0.3) is 0 Å². The summed E-state index contributed by atoms with van der Waals surface area (Å²) in [7, 11) is 0. The van der Waals surface area contributed by atoms with Gasteiger partial charge >= 0.3 is 0 Å². The van der Waals surface area contributed by atoms with Gasteiger partial charge in [-0.3, -0.25) is 0 Å². The third-order valence-electron chi connectivity index (χ3n) is 2.60. The highest BCUT2D eigenvalue weighted by atomic mass is 16.5. The molecular formula is C11H15NO2. The number of benzene rings is 1. The minimum absolute atomic E-state index is 0.191. The molecule has 3 nitrogen and oxygen atoms in total. The Balaban J connectivity index is 2.59. The van der Waals surface area contributed by atoms with E-state index in [1.165, 1.54) is 0 Å². The van der Waals surface area contributed by atoms with Crippen molar-refractivity contribution in [1.82, 2.24) is 0 Å². The number of rotatable bonds is 1. The number of hydrogen-bond donors (Lipinski definition) is 2. The summed E-state index contributed by atoms with van der Waals surface area (Å²) < 4.78 is 5.50. The predicted octanol–water partition coefficient (Wildman–Crippen LogP) is 1.91. The van der Waals surface area contributed by atoms with E-state index in [0.29, 0.717) is 12.5 Å². The molecule has 0 saturated heterocycles. The molecule has 1 unspecified atom stereocenters. The molecule has 0 aliphatic carbocycles. The van der Waals surface area contributed by atoms with E-state index in [4.69, 9.17) is 10.5 Å². The van der Waals surface area contributed by atoms with Crippen molar-refractivity contribution in [3.63, 3.8) is 0 Å². The lowest BCUT2D eigenvalue weighted by Crippen LogP contribution is -2.10. The van der Waals surface area contributed by atoms with Crippen molar-refractivity contribution in [3.8, 4) is 11.5 Å². The van der Waals surface area contributed by atoms with Gasteiger partial charge in [-0.25, -0.2) is 0 Å². The molecule has 76 valence electrons. The van der Waals surface area contributed by atoms with Crippen LogP contribution in [0.2, 0.25) is 0 Å². The molecule has 0 radical (unpaired) electrons. The average Bonchev–Trinajstić information content (AvgIpc) is 2.49. The lowest BCUT2D eigenvalue weighted by molar-refractivity contribution is 0.329. The van der Waals surface area contributed by atoms with Gasteiger partial charge in [0, 0.05) is 0 Å². The average molecular weight is 193 g/mol. The molecule has 0 fully saturated rings. The molecule has 3 heteroatoms. The van der Waals surface area contributed by atoms with Crippen LogP contribution in [0.3, 0.4) is 0 Å². The van der Waals surface area contributed by atoms with Gasteiger partial charge in [-0.05, 0) is 17.5 Å². The van der Waals surface area contributed by atoms with Crippen LogP contribution in [0.5, 0.6) is 11.5 Å². The van der Waals surface area contributed by atoms with Gasteiger partial charge in [-0.2, -0.15) is 0 Å². The van der Waals surface area contributed by atoms with Crippen molar-refractivity contribution in [1.29, 1.82) is 0 Å². The summed E-state index contributed by atoms with van der Waals surface area (Å²) in [5.74, 6) is 1.41. The molecular weight excluding hydrogens is 178 g/mol. The van der Waals surface area contributed by atoms with Crippen LogP contribution in [0.4, 0.5) is 0 Å². The van der Waals surface area contributed by atoms with Crippen molar-refractivity contribution in [2.45, 2.75) is 25.8 Å². The van der Waals surface area contributed by atoms with Crippen LogP contribution in [0.25, 0.3) is 0 Å². The zero-order chi connectivity index (χ0) is 10.3. The Kier molecular flexibility index (Phi) is 2.11. The first kappa shape index (κ1) is 9.34. The van der Waals surface area contributed by atoms with E-state index >= 15 is 0 Å². The lowest BCUT2D eigenvalue weighted by Gasteiger charge is -2.12. The second-order valence-electron chi connectivity index (χ2n) is 3.99. The Morgan fingerprint density at radius 2 is 2.21 bits per heavy atom. The molecule has 0 saturated carbocycles. The summed E-state index contributed by atoms with van der Waals surface area (Å²) in [6.45, 7) is 4.66. The van der Waals surface area contributed by atoms with Crippen LogP contribution in [0.15, 0.2) is 12.1 Å². The van der Waals surface area contributed by atoms with Crippen LogP contribution in [-0.4, -0.2) is 11.7 Å². The Morgan fingerprint density at radius 3 is 2.86 bits per heavy atom. The fourth-order valence-electron chi connectivity index (χ4n) is 1.84. The molecule has 14 heavy (non-hydrogen) atoms. The molecule has 0 bridgehead atoms. The van der Waals surface area contributed by atoms with Crippen molar-refractivity contribution >= 4 is 0 Å². The van der Waals surface area contributed by atoms with Crippen molar-refractivity contribution in [2.75, 3.05) is 6.61 Å². The minimum atomic E-state index is -0.191. The maximum absolute atomic E-state index is 9.65. The zero-order valence-corrected chi connectivity index (χ0v) is 8.45. The summed E-state index contributed by atoms with van der Waals surface area (Å²) in [6.07, 6.45) is 0. The molecule has 1 aromatic carbocycles. The maximum atomic E-state index is 9.65. The number of aromatic hydroxyl groups is 1. The molecule has 0 amide bonds. The monoisotopic (exact) mass is 193 g/mol. The van der Waals surface area contributed by atoms with Crippen LogP contribution in [-0.2, 0) is 0 Å². The van der Waals surface area contributed by atoms with Crippen molar-refractivity contribution in [2.24, 2.45) is 5.73 Å². The standard InChI is InChI=1S/C11H15NO2/c1-6(2)7-3-4-9(13)10-8(12)5-14-11(7)10/h3-4,6,8,13H,5,12H2,1-2H3. The fourth-order valence-corrected chi connectivity index (χ4v) is 1.84. The first-order valence-electron chi connectivity index (χ1n) is 4.85. The van der Waals surface area contributed by atoms with E-state index in [-0.39, 0.29) is 11.8 Å². The number of hydrogen-bond acceptors (Lipinski definition) is 3. The van der Waals surface area contributed by atoms with Crippen LogP contribution in [0, 0.1) is 0 Å². The third kappa shape index (κ3) is 1.24. The van der Waals surface area contributed by atoms with Gasteiger partial charge in [0.1, 0.15) is 18.1 Å². The Morgan fingerprint density at radius 1 is 1.50 bits per heavy atom. The van der Waals surface area contributed by atoms with Gasteiger partial charge in [0.2, 0.25) is 0 Å². The van der Waals surface area contributed by atoms with E-state index in [0.717, 1.165) is 16.9 Å². The molecule has 1 aliphatic rings. The summed E-state index contributed by atoms with van der Waals surface area (Å²) in [5.41, 5.74) is 7.71. The molecule has 3 N–H and O–H groups in total.